The van der Waals surface area contributed by atoms with Gasteiger partial charge in [0.2, 0.25) is 10.0 Å². The fraction of sp³-hybridized carbons (Fsp3) is 0.500. The molecule has 3 N–H and O–H groups in total. The fourth-order valence-corrected chi connectivity index (χ4v) is 2.78. The zero-order chi connectivity index (χ0) is 15.3. The van der Waals surface area contributed by atoms with Gasteiger partial charge < -0.3 is 5.73 Å². The topological polar surface area (TPSA) is 115 Å². The number of sulfonamides is 1. The number of nitrogen functional groups attached to an aromatic ring is 1. The van der Waals surface area contributed by atoms with Crippen molar-refractivity contribution in [3.05, 3.63) is 28.3 Å². The van der Waals surface area contributed by atoms with Crippen LogP contribution in [0.4, 0.5) is 11.4 Å². The van der Waals surface area contributed by atoms with Crippen molar-refractivity contribution >= 4 is 21.4 Å². The third-order valence-corrected chi connectivity index (χ3v) is 4.22. The highest BCUT2D eigenvalue weighted by molar-refractivity contribution is 7.89. The Morgan fingerprint density at radius 1 is 1.40 bits per heavy atom. The Balaban J connectivity index is 2.78. The molecule has 0 spiro atoms. The van der Waals surface area contributed by atoms with Gasteiger partial charge in [0, 0.05) is 12.6 Å². The number of rotatable bonds is 7. The number of nitrogens with two attached hydrogens (primary N) is 1. The smallest absolute Gasteiger partial charge is 0.292 e. The van der Waals surface area contributed by atoms with Crippen LogP contribution in [0.15, 0.2) is 23.1 Å². The summed E-state index contributed by atoms with van der Waals surface area (Å²) in [5.41, 5.74) is 5.01. The molecule has 1 aromatic rings. The second kappa shape index (κ2) is 6.67. The van der Waals surface area contributed by atoms with Gasteiger partial charge in [0.05, 0.1) is 9.82 Å². The minimum absolute atomic E-state index is 0.0647. The van der Waals surface area contributed by atoms with Gasteiger partial charge in [0.25, 0.3) is 5.69 Å². The van der Waals surface area contributed by atoms with Crippen molar-refractivity contribution in [1.82, 2.24) is 4.72 Å². The van der Waals surface area contributed by atoms with E-state index in [1.165, 1.54) is 6.07 Å². The van der Waals surface area contributed by atoms with E-state index in [0.29, 0.717) is 12.5 Å². The maximum atomic E-state index is 12.0. The lowest BCUT2D eigenvalue weighted by Crippen LogP contribution is -2.25. The predicted octanol–water partition coefficient (Wildman–Crippen LogP) is 1.89. The Labute approximate surface area is 118 Å². The zero-order valence-corrected chi connectivity index (χ0v) is 12.3. The van der Waals surface area contributed by atoms with E-state index in [0.717, 1.165) is 25.0 Å². The molecule has 8 heteroatoms. The summed E-state index contributed by atoms with van der Waals surface area (Å²) in [5, 5.41) is 10.6. The molecule has 1 rings (SSSR count). The number of nitro benzene ring substituents is 1. The Morgan fingerprint density at radius 2 is 2.05 bits per heavy atom. The van der Waals surface area contributed by atoms with Crippen LogP contribution in [0.1, 0.15) is 26.7 Å². The summed E-state index contributed by atoms with van der Waals surface area (Å²) >= 11 is 0. The van der Waals surface area contributed by atoms with Crippen molar-refractivity contribution in [1.29, 1.82) is 0 Å². The summed E-state index contributed by atoms with van der Waals surface area (Å²) < 4.78 is 26.4. The number of anilines is 1. The third kappa shape index (κ3) is 4.46. The second-order valence-corrected chi connectivity index (χ2v) is 6.68. The van der Waals surface area contributed by atoms with Crippen LogP contribution in [-0.4, -0.2) is 19.9 Å². The molecule has 0 unspecified atom stereocenters. The van der Waals surface area contributed by atoms with Gasteiger partial charge in [-0.25, -0.2) is 13.1 Å². The van der Waals surface area contributed by atoms with E-state index in [4.69, 9.17) is 5.73 Å². The summed E-state index contributed by atoms with van der Waals surface area (Å²) in [6.07, 6.45) is 1.66. The maximum absolute atomic E-state index is 12.0. The Bertz CT molecular complexity index is 584. The number of nitrogens with one attached hydrogen (secondary N) is 1. The molecule has 0 atom stereocenters. The van der Waals surface area contributed by atoms with Crippen LogP contribution in [0, 0.1) is 16.0 Å². The lowest BCUT2D eigenvalue weighted by atomic mass is 10.1. The molecule has 0 heterocycles. The maximum Gasteiger partial charge on any atom is 0.292 e. The van der Waals surface area contributed by atoms with Crippen molar-refractivity contribution in [2.45, 2.75) is 31.6 Å². The lowest BCUT2D eigenvalue weighted by molar-refractivity contribution is -0.383. The van der Waals surface area contributed by atoms with Crippen LogP contribution in [-0.2, 0) is 10.0 Å². The van der Waals surface area contributed by atoms with E-state index < -0.39 is 14.9 Å². The van der Waals surface area contributed by atoms with Crippen molar-refractivity contribution in [3.8, 4) is 0 Å². The Hall–Kier alpha value is -1.67. The van der Waals surface area contributed by atoms with Crippen molar-refractivity contribution in [3.63, 3.8) is 0 Å². The molecule has 1 aromatic carbocycles. The summed E-state index contributed by atoms with van der Waals surface area (Å²) in [5.74, 6) is 0.509. The van der Waals surface area contributed by atoms with Gasteiger partial charge in [-0.15, -0.1) is 0 Å². The molecular weight excluding hydrogens is 282 g/mol. The average Bonchev–Trinajstić information content (AvgIpc) is 2.34. The van der Waals surface area contributed by atoms with Gasteiger partial charge in [-0.1, -0.05) is 13.8 Å². The van der Waals surface area contributed by atoms with Gasteiger partial charge in [-0.05, 0) is 30.9 Å². The van der Waals surface area contributed by atoms with Gasteiger partial charge in [-0.3, -0.25) is 10.1 Å². The molecule has 0 bridgehead atoms. The van der Waals surface area contributed by atoms with Crippen LogP contribution in [0.2, 0.25) is 0 Å². The average molecular weight is 301 g/mol. The quantitative estimate of drug-likeness (QED) is 0.345. The van der Waals surface area contributed by atoms with Crippen molar-refractivity contribution in [2.75, 3.05) is 12.3 Å². The minimum atomic E-state index is -3.68. The first-order valence-corrected chi connectivity index (χ1v) is 7.76. The van der Waals surface area contributed by atoms with Crippen LogP contribution < -0.4 is 10.5 Å². The molecular formula is C12H19N3O4S. The first-order chi connectivity index (χ1) is 9.24. The molecule has 0 aliphatic rings. The molecule has 0 fully saturated rings. The van der Waals surface area contributed by atoms with Crippen molar-refractivity contribution < 1.29 is 13.3 Å². The van der Waals surface area contributed by atoms with Crippen molar-refractivity contribution in [2.24, 2.45) is 5.92 Å². The van der Waals surface area contributed by atoms with E-state index >= 15 is 0 Å². The van der Waals surface area contributed by atoms with E-state index in [9.17, 15) is 18.5 Å². The molecule has 0 aliphatic heterocycles. The van der Waals surface area contributed by atoms with Crippen LogP contribution in [0.25, 0.3) is 0 Å². The summed E-state index contributed by atoms with van der Waals surface area (Å²) in [4.78, 5) is 9.90. The molecule has 0 radical (unpaired) electrons. The minimum Gasteiger partial charge on any atom is -0.393 e. The second-order valence-electron chi connectivity index (χ2n) is 4.91. The number of nitro groups is 1. The van der Waals surface area contributed by atoms with E-state index in [-0.39, 0.29) is 16.3 Å². The Morgan fingerprint density at radius 3 is 2.55 bits per heavy atom. The molecule has 0 aromatic heterocycles. The van der Waals surface area contributed by atoms with Gasteiger partial charge in [0.1, 0.15) is 5.69 Å². The lowest BCUT2D eigenvalue weighted by Gasteiger charge is -2.08. The van der Waals surface area contributed by atoms with Gasteiger partial charge in [-0.2, -0.15) is 0 Å². The standard InChI is InChI=1S/C12H19N3O4S/c1-9(2)4-3-7-14-20(18,19)10-5-6-12(15(16)17)11(13)8-10/h5-6,8-9,14H,3-4,7,13H2,1-2H3. The predicted molar refractivity (Wildman–Crippen MR) is 76.8 cm³/mol. The highest BCUT2D eigenvalue weighted by Gasteiger charge is 2.18. The summed E-state index contributed by atoms with van der Waals surface area (Å²) in [6, 6.07) is 3.38. The van der Waals surface area contributed by atoms with Crippen LogP contribution in [0.3, 0.4) is 0 Å². The molecule has 0 amide bonds. The molecule has 0 saturated heterocycles. The number of hydrogen-bond acceptors (Lipinski definition) is 5. The first kappa shape index (κ1) is 16.4. The number of benzene rings is 1. The summed E-state index contributed by atoms with van der Waals surface area (Å²) in [6.45, 7) is 4.45. The monoisotopic (exact) mass is 301 g/mol. The first-order valence-electron chi connectivity index (χ1n) is 6.27. The largest absolute Gasteiger partial charge is 0.393 e. The highest BCUT2D eigenvalue weighted by atomic mass is 32.2. The van der Waals surface area contributed by atoms with E-state index in [2.05, 4.69) is 18.6 Å². The van der Waals surface area contributed by atoms with Crippen LogP contribution >= 0.6 is 0 Å². The molecule has 7 nitrogen and oxygen atoms in total. The third-order valence-electron chi connectivity index (χ3n) is 2.76. The summed E-state index contributed by atoms with van der Waals surface area (Å²) in [7, 11) is -3.68. The number of hydrogen-bond donors (Lipinski definition) is 2. The van der Waals surface area contributed by atoms with E-state index in [1.807, 2.05) is 0 Å². The molecule has 20 heavy (non-hydrogen) atoms. The molecule has 0 saturated carbocycles. The molecule has 0 aliphatic carbocycles. The van der Waals surface area contributed by atoms with Gasteiger partial charge in [0.15, 0.2) is 0 Å². The Kier molecular flexibility index (Phi) is 5.46. The normalized spacial score (nSPS) is 11.8. The highest BCUT2D eigenvalue weighted by Crippen LogP contribution is 2.24. The van der Waals surface area contributed by atoms with Crippen LogP contribution in [0.5, 0.6) is 0 Å². The fourth-order valence-electron chi connectivity index (χ4n) is 1.67. The molecule has 112 valence electrons. The van der Waals surface area contributed by atoms with E-state index in [1.54, 1.807) is 0 Å². The zero-order valence-electron chi connectivity index (χ0n) is 11.5. The SMILES string of the molecule is CC(C)CCCNS(=O)(=O)c1ccc([N+](=O)[O-])c(N)c1. The van der Waals surface area contributed by atoms with Gasteiger partial charge >= 0.3 is 0 Å². The number of nitrogens with zero attached hydrogens (tertiary/aromatic N) is 1.